The van der Waals surface area contributed by atoms with E-state index in [2.05, 4.69) is 46.8 Å². The van der Waals surface area contributed by atoms with Gasteiger partial charge in [0.2, 0.25) is 0 Å². The molecule has 0 saturated carbocycles. The van der Waals surface area contributed by atoms with Gasteiger partial charge in [-0.15, -0.1) is 0 Å². The summed E-state index contributed by atoms with van der Waals surface area (Å²) in [5.41, 5.74) is 4.58. The monoisotopic (exact) mass is 236 g/mol. The third-order valence-electron chi connectivity index (χ3n) is 3.31. The van der Waals surface area contributed by atoms with Crippen LogP contribution in [0.2, 0.25) is 0 Å². The highest BCUT2D eigenvalue weighted by Crippen LogP contribution is 2.18. The number of allylic oxidation sites excluding steroid dienone is 1. The van der Waals surface area contributed by atoms with Crippen LogP contribution >= 0.6 is 0 Å². The van der Waals surface area contributed by atoms with Gasteiger partial charge in [-0.3, -0.25) is 5.01 Å². The van der Waals surface area contributed by atoms with Gasteiger partial charge >= 0.3 is 0 Å². The summed E-state index contributed by atoms with van der Waals surface area (Å²) in [4.78, 5) is 2.45. The number of hydrazine groups is 1. The van der Waals surface area contributed by atoms with Crippen LogP contribution in [0.4, 0.5) is 0 Å². The van der Waals surface area contributed by atoms with Gasteiger partial charge < -0.3 is 15.6 Å². The van der Waals surface area contributed by atoms with Crippen molar-refractivity contribution in [3.8, 4) is 0 Å². The SMILES string of the molecule is CN[C@@H]1CCN(C2=CN(CC(C)C)NC=C2)C1. The zero-order valence-corrected chi connectivity index (χ0v) is 11.1. The van der Waals surface area contributed by atoms with Gasteiger partial charge in [0.15, 0.2) is 0 Å². The van der Waals surface area contributed by atoms with E-state index in [1.54, 1.807) is 0 Å². The molecule has 17 heavy (non-hydrogen) atoms. The second-order valence-electron chi connectivity index (χ2n) is 5.28. The molecule has 0 radical (unpaired) electrons. The number of likely N-dealkylation sites (N-methyl/N-ethyl adjacent to an activating group) is 1. The van der Waals surface area contributed by atoms with Crippen LogP contribution in [0.15, 0.2) is 24.2 Å². The van der Waals surface area contributed by atoms with E-state index in [1.807, 2.05) is 13.2 Å². The quantitative estimate of drug-likeness (QED) is 0.765. The Morgan fingerprint density at radius 2 is 2.35 bits per heavy atom. The van der Waals surface area contributed by atoms with E-state index < -0.39 is 0 Å². The molecule has 0 aromatic rings. The summed E-state index contributed by atoms with van der Waals surface area (Å²) < 4.78 is 0. The molecule has 0 unspecified atom stereocenters. The first kappa shape index (κ1) is 12.3. The lowest BCUT2D eigenvalue weighted by Crippen LogP contribution is -2.37. The Kier molecular flexibility index (Phi) is 3.94. The summed E-state index contributed by atoms with van der Waals surface area (Å²) in [6.45, 7) is 7.78. The van der Waals surface area contributed by atoms with Crippen molar-refractivity contribution in [2.24, 2.45) is 5.92 Å². The van der Waals surface area contributed by atoms with Gasteiger partial charge in [0.05, 0.1) is 5.70 Å². The molecule has 4 nitrogen and oxygen atoms in total. The third-order valence-corrected chi connectivity index (χ3v) is 3.31. The summed E-state index contributed by atoms with van der Waals surface area (Å²) in [6, 6.07) is 0.637. The Labute approximate surface area is 104 Å². The number of hydrogen-bond acceptors (Lipinski definition) is 4. The lowest BCUT2D eigenvalue weighted by atomic mass is 10.2. The fourth-order valence-corrected chi connectivity index (χ4v) is 2.37. The number of likely N-dealkylation sites (tertiary alicyclic amines) is 1. The first-order valence-corrected chi connectivity index (χ1v) is 6.52. The molecule has 0 aliphatic carbocycles. The lowest BCUT2D eigenvalue weighted by Gasteiger charge is -2.30. The van der Waals surface area contributed by atoms with Crippen molar-refractivity contribution in [2.45, 2.75) is 26.3 Å². The molecule has 2 heterocycles. The van der Waals surface area contributed by atoms with E-state index in [1.165, 1.54) is 12.1 Å². The smallest absolute Gasteiger partial charge is 0.0563 e. The van der Waals surface area contributed by atoms with Crippen LogP contribution in [-0.4, -0.2) is 42.6 Å². The number of nitrogens with one attached hydrogen (secondary N) is 2. The Balaban J connectivity index is 1.95. The van der Waals surface area contributed by atoms with E-state index in [9.17, 15) is 0 Å². The number of hydrogen-bond donors (Lipinski definition) is 2. The molecule has 1 atom stereocenters. The predicted octanol–water partition coefficient (Wildman–Crippen LogP) is 1.11. The number of rotatable bonds is 4. The molecule has 2 aliphatic heterocycles. The highest BCUT2D eigenvalue weighted by atomic mass is 15.5. The maximum Gasteiger partial charge on any atom is 0.0563 e. The molecule has 2 aliphatic rings. The zero-order chi connectivity index (χ0) is 12.3. The summed E-state index contributed by atoms with van der Waals surface area (Å²) in [6.07, 6.45) is 7.65. The maximum absolute atomic E-state index is 3.35. The van der Waals surface area contributed by atoms with E-state index >= 15 is 0 Å². The first-order valence-electron chi connectivity index (χ1n) is 6.52. The fraction of sp³-hybridized carbons (Fsp3) is 0.692. The maximum atomic E-state index is 3.35. The van der Waals surface area contributed by atoms with Crippen molar-refractivity contribution in [3.05, 3.63) is 24.2 Å². The van der Waals surface area contributed by atoms with Gasteiger partial charge in [0.1, 0.15) is 0 Å². The minimum absolute atomic E-state index is 0.637. The zero-order valence-electron chi connectivity index (χ0n) is 11.1. The van der Waals surface area contributed by atoms with Crippen LogP contribution in [0.25, 0.3) is 0 Å². The molecule has 1 saturated heterocycles. The normalized spacial score (nSPS) is 24.2. The summed E-state index contributed by atoms with van der Waals surface area (Å²) in [5, 5.41) is 5.53. The highest BCUT2D eigenvalue weighted by Gasteiger charge is 2.22. The Hall–Kier alpha value is -1.16. The van der Waals surface area contributed by atoms with Crippen LogP contribution in [0.1, 0.15) is 20.3 Å². The third kappa shape index (κ3) is 3.16. The molecular formula is C13H24N4. The molecule has 0 amide bonds. The fourth-order valence-electron chi connectivity index (χ4n) is 2.37. The van der Waals surface area contributed by atoms with Crippen molar-refractivity contribution in [3.63, 3.8) is 0 Å². The van der Waals surface area contributed by atoms with Crippen LogP contribution in [0.5, 0.6) is 0 Å². The van der Waals surface area contributed by atoms with Gasteiger partial charge in [-0.1, -0.05) is 13.8 Å². The predicted molar refractivity (Wildman–Crippen MR) is 70.9 cm³/mol. The second kappa shape index (κ2) is 5.45. The van der Waals surface area contributed by atoms with Crippen LogP contribution in [0.3, 0.4) is 0 Å². The lowest BCUT2D eigenvalue weighted by molar-refractivity contribution is 0.263. The minimum atomic E-state index is 0.637. The molecule has 4 heteroatoms. The Morgan fingerprint density at radius 1 is 1.53 bits per heavy atom. The molecule has 96 valence electrons. The molecule has 1 fully saturated rings. The summed E-state index contributed by atoms with van der Waals surface area (Å²) in [7, 11) is 2.05. The molecule has 0 bridgehead atoms. The molecule has 2 N–H and O–H groups in total. The first-order chi connectivity index (χ1) is 8.19. The highest BCUT2D eigenvalue weighted by molar-refractivity contribution is 5.20. The summed E-state index contributed by atoms with van der Waals surface area (Å²) >= 11 is 0. The second-order valence-corrected chi connectivity index (χ2v) is 5.28. The van der Waals surface area contributed by atoms with E-state index in [4.69, 9.17) is 0 Å². The Bertz CT molecular complexity index is 309. The largest absolute Gasteiger partial charge is 0.369 e. The van der Waals surface area contributed by atoms with Crippen molar-refractivity contribution >= 4 is 0 Å². The van der Waals surface area contributed by atoms with E-state index in [0.717, 1.165) is 19.6 Å². The van der Waals surface area contributed by atoms with Crippen molar-refractivity contribution in [2.75, 3.05) is 26.7 Å². The standard InChI is InChI=1S/C13H24N4/c1-11(2)8-17-10-13(4-6-15-17)16-7-5-12(9-16)14-3/h4,6,10-12,14-15H,5,7-9H2,1-3H3/t12-/m1/s1. The van der Waals surface area contributed by atoms with Crippen LogP contribution in [-0.2, 0) is 0 Å². The Morgan fingerprint density at radius 3 is 3.00 bits per heavy atom. The molecular weight excluding hydrogens is 212 g/mol. The van der Waals surface area contributed by atoms with E-state index in [0.29, 0.717) is 12.0 Å². The molecule has 0 spiro atoms. The molecule has 2 rings (SSSR count). The molecule has 0 aromatic heterocycles. The average molecular weight is 236 g/mol. The van der Waals surface area contributed by atoms with Gasteiger partial charge in [-0.2, -0.15) is 0 Å². The van der Waals surface area contributed by atoms with Crippen molar-refractivity contribution in [1.82, 2.24) is 20.7 Å². The van der Waals surface area contributed by atoms with Gasteiger partial charge in [0.25, 0.3) is 0 Å². The number of nitrogens with zero attached hydrogens (tertiary/aromatic N) is 2. The van der Waals surface area contributed by atoms with Crippen molar-refractivity contribution in [1.29, 1.82) is 0 Å². The average Bonchev–Trinajstić information content (AvgIpc) is 2.77. The topological polar surface area (TPSA) is 30.5 Å². The van der Waals surface area contributed by atoms with Gasteiger partial charge in [-0.25, -0.2) is 0 Å². The van der Waals surface area contributed by atoms with Gasteiger partial charge in [0, 0.05) is 38.1 Å². The van der Waals surface area contributed by atoms with Crippen molar-refractivity contribution < 1.29 is 0 Å². The molecule has 0 aromatic carbocycles. The van der Waals surface area contributed by atoms with E-state index in [-0.39, 0.29) is 0 Å². The van der Waals surface area contributed by atoms with Gasteiger partial charge in [-0.05, 0) is 25.5 Å². The van der Waals surface area contributed by atoms with Crippen LogP contribution < -0.4 is 10.7 Å². The summed E-state index contributed by atoms with van der Waals surface area (Å²) in [5.74, 6) is 0.662. The van der Waals surface area contributed by atoms with Crippen LogP contribution in [0, 0.1) is 5.92 Å². The minimum Gasteiger partial charge on any atom is -0.369 e.